The molecule has 9 heteroatoms. The number of aromatic nitrogens is 2. The SMILES string of the molecule is CN(C)C(=O)Oc1ccc(C[C@H](Nc2cc(Cl)ncn2)C(=O)O)cc1. The highest BCUT2D eigenvalue weighted by Gasteiger charge is 2.19. The number of hydrogen-bond donors (Lipinski definition) is 2. The topological polar surface area (TPSA) is 105 Å². The summed E-state index contributed by atoms with van der Waals surface area (Å²) in [5.41, 5.74) is 0.754. The number of ether oxygens (including phenoxy) is 1. The minimum absolute atomic E-state index is 0.207. The van der Waals surface area contributed by atoms with Gasteiger partial charge in [-0.05, 0) is 17.7 Å². The van der Waals surface area contributed by atoms with Crippen molar-refractivity contribution in [1.29, 1.82) is 0 Å². The van der Waals surface area contributed by atoms with Crippen LogP contribution in [-0.2, 0) is 11.2 Å². The van der Waals surface area contributed by atoms with Gasteiger partial charge in [0.1, 0.15) is 29.1 Å². The number of hydrogen-bond acceptors (Lipinski definition) is 6. The molecule has 25 heavy (non-hydrogen) atoms. The maximum atomic E-state index is 11.5. The standard InChI is InChI=1S/C16H17ClN4O4/c1-21(2)16(24)25-11-5-3-10(4-6-11)7-12(15(22)23)20-14-8-13(17)18-9-19-14/h3-6,8-9,12H,7H2,1-2H3,(H,22,23)(H,18,19,20)/t12-/m0/s1. The Balaban J connectivity index is 2.04. The number of aliphatic carboxylic acids is 1. The predicted molar refractivity (Wildman–Crippen MR) is 91.9 cm³/mol. The van der Waals surface area contributed by atoms with Crippen molar-refractivity contribution < 1.29 is 19.4 Å². The lowest BCUT2D eigenvalue weighted by Crippen LogP contribution is -2.31. The molecular weight excluding hydrogens is 348 g/mol. The zero-order chi connectivity index (χ0) is 18.4. The van der Waals surface area contributed by atoms with Gasteiger partial charge in [0.05, 0.1) is 0 Å². The van der Waals surface area contributed by atoms with Gasteiger partial charge >= 0.3 is 12.1 Å². The summed E-state index contributed by atoms with van der Waals surface area (Å²) in [6.07, 6.45) is 0.967. The molecule has 0 aliphatic heterocycles. The van der Waals surface area contributed by atoms with Crippen LogP contribution in [0, 0.1) is 0 Å². The second kappa shape index (κ2) is 8.29. The molecule has 2 rings (SSSR count). The van der Waals surface area contributed by atoms with Gasteiger partial charge in [0.15, 0.2) is 0 Å². The maximum Gasteiger partial charge on any atom is 0.414 e. The Hall–Kier alpha value is -2.87. The van der Waals surface area contributed by atoms with Crippen LogP contribution < -0.4 is 10.1 Å². The summed E-state index contributed by atoms with van der Waals surface area (Å²) in [6.45, 7) is 0. The lowest BCUT2D eigenvalue weighted by atomic mass is 10.1. The van der Waals surface area contributed by atoms with Gasteiger partial charge in [-0.1, -0.05) is 23.7 Å². The van der Waals surface area contributed by atoms with Crippen molar-refractivity contribution in [1.82, 2.24) is 14.9 Å². The molecule has 0 spiro atoms. The van der Waals surface area contributed by atoms with Gasteiger partial charge in [-0.15, -0.1) is 0 Å². The number of nitrogens with zero attached hydrogens (tertiary/aromatic N) is 3. The zero-order valence-electron chi connectivity index (χ0n) is 13.6. The molecular formula is C16H17ClN4O4. The summed E-state index contributed by atoms with van der Waals surface area (Å²) >= 11 is 5.77. The van der Waals surface area contributed by atoms with Crippen molar-refractivity contribution in [3.63, 3.8) is 0 Å². The lowest BCUT2D eigenvalue weighted by Gasteiger charge is -2.15. The van der Waals surface area contributed by atoms with E-state index in [1.807, 2.05) is 0 Å². The van der Waals surface area contributed by atoms with Crippen molar-refractivity contribution in [3.05, 3.63) is 47.4 Å². The Morgan fingerprint density at radius 2 is 1.96 bits per heavy atom. The van der Waals surface area contributed by atoms with Crippen LogP contribution in [0.15, 0.2) is 36.7 Å². The second-order valence-corrected chi connectivity index (χ2v) is 5.76. The van der Waals surface area contributed by atoms with Crippen molar-refractivity contribution in [2.45, 2.75) is 12.5 Å². The fourth-order valence-corrected chi connectivity index (χ4v) is 2.06. The molecule has 1 amide bonds. The number of carbonyl (C=O) groups excluding carboxylic acids is 1. The van der Waals surface area contributed by atoms with Gasteiger partial charge in [0.25, 0.3) is 0 Å². The van der Waals surface area contributed by atoms with E-state index in [9.17, 15) is 14.7 Å². The first-order chi connectivity index (χ1) is 11.8. The van der Waals surface area contributed by atoms with Crippen molar-refractivity contribution in [3.8, 4) is 5.75 Å². The summed E-state index contributed by atoms with van der Waals surface area (Å²) < 4.78 is 5.12. The lowest BCUT2D eigenvalue weighted by molar-refractivity contribution is -0.137. The Bertz CT molecular complexity index is 752. The minimum Gasteiger partial charge on any atom is -0.480 e. The molecule has 0 saturated heterocycles. The molecule has 1 aromatic heterocycles. The van der Waals surface area contributed by atoms with E-state index in [1.54, 1.807) is 38.4 Å². The van der Waals surface area contributed by atoms with E-state index >= 15 is 0 Å². The molecule has 1 atom stereocenters. The van der Waals surface area contributed by atoms with E-state index in [2.05, 4.69) is 15.3 Å². The molecule has 8 nitrogen and oxygen atoms in total. The quantitative estimate of drug-likeness (QED) is 0.757. The van der Waals surface area contributed by atoms with Gasteiger partial charge in [-0.2, -0.15) is 0 Å². The summed E-state index contributed by atoms with van der Waals surface area (Å²) in [7, 11) is 3.17. The van der Waals surface area contributed by atoms with E-state index in [1.165, 1.54) is 17.3 Å². The molecule has 0 fully saturated rings. The fraction of sp³-hybridized carbons (Fsp3) is 0.250. The van der Waals surface area contributed by atoms with Crippen LogP contribution in [0.5, 0.6) is 5.75 Å². The predicted octanol–water partition coefficient (Wildman–Crippen LogP) is 2.30. The largest absolute Gasteiger partial charge is 0.480 e. The summed E-state index contributed by atoms with van der Waals surface area (Å²) in [6, 6.07) is 7.16. The molecule has 2 aromatic rings. The van der Waals surface area contributed by atoms with E-state index in [4.69, 9.17) is 16.3 Å². The number of benzene rings is 1. The molecule has 0 aliphatic carbocycles. The zero-order valence-corrected chi connectivity index (χ0v) is 14.4. The van der Waals surface area contributed by atoms with Crippen LogP contribution in [-0.4, -0.2) is 52.2 Å². The molecule has 0 radical (unpaired) electrons. The third-order valence-corrected chi connectivity index (χ3v) is 3.39. The number of anilines is 1. The molecule has 0 bridgehead atoms. The van der Waals surface area contributed by atoms with Gasteiger partial charge in [-0.25, -0.2) is 19.6 Å². The summed E-state index contributed by atoms with van der Waals surface area (Å²) in [4.78, 5) is 31.9. The number of carbonyl (C=O) groups is 2. The Morgan fingerprint density at radius 1 is 1.28 bits per heavy atom. The number of amides is 1. The highest BCUT2D eigenvalue weighted by Crippen LogP contribution is 2.16. The van der Waals surface area contributed by atoms with E-state index in [-0.39, 0.29) is 11.6 Å². The molecule has 2 N–H and O–H groups in total. The average Bonchev–Trinajstić information content (AvgIpc) is 2.55. The first kappa shape index (κ1) is 18.5. The number of nitrogens with one attached hydrogen (secondary N) is 1. The highest BCUT2D eigenvalue weighted by molar-refractivity contribution is 6.29. The first-order valence-electron chi connectivity index (χ1n) is 7.30. The van der Waals surface area contributed by atoms with Crippen LogP contribution in [0.2, 0.25) is 5.15 Å². The average molecular weight is 365 g/mol. The smallest absolute Gasteiger partial charge is 0.414 e. The van der Waals surface area contributed by atoms with Crippen LogP contribution in [0.4, 0.5) is 10.6 Å². The molecule has 1 aromatic carbocycles. The Morgan fingerprint density at radius 3 is 2.52 bits per heavy atom. The Kier molecular flexibility index (Phi) is 6.13. The number of rotatable bonds is 6. The van der Waals surface area contributed by atoms with Crippen molar-refractivity contribution >= 4 is 29.5 Å². The van der Waals surface area contributed by atoms with Gasteiger partial charge in [0, 0.05) is 26.6 Å². The van der Waals surface area contributed by atoms with E-state index in [0.29, 0.717) is 11.6 Å². The van der Waals surface area contributed by atoms with Gasteiger partial charge in [-0.3, -0.25) is 0 Å². The van der Waals surface area contributed by atoms with E-state index in [0.717, 1.165) is 5.56 Å². The fourth-order valence-electron chi connectivity index (χ4n) is 1.91. The number of carboxylic acid groups (broad SMARTS) is 1. The Labute approximate surface area is 149 Å². The van der Waals surface area contributed by atoms with Crippen LogP contribution >= 0.6 is 11.6 Å². The molecule has 0 saturated carbocycles. The first-order valence-corrected chi connectivity index (χ1v) is 7.68. The third-order valence-electron chi connectivity index (χ3n) is 3.19. The van der Waals surface area contributed by atoms with Crippen LogP contribution in [0.1, 0.15) is 5.56 Å². The summed E-state index contributed by atoms with van der Waals surface area (Å²) in [5, 5.41) is 12.4. The molecule has 132 valence electrons. The van der Waals surface area contributed by atoms with Crippen LogP contribution in [0.25, 0.3) is 0 Å². The van der Waals surface area contributed by atoms with Crippen molar-refractivity contribution in [2.75, 3.05) is 19.4 Å². The van der Waals surface area contributed by atoms with Gasteiger partial charge < -0.3 is 20.1 Å². The van der Waals surface area contributed by atoms with Crippen molar-refractivity contribution in [2.24, 2.45) is 0 Å². The molecule has 0 unspecified atom stereocenters. The van der Waals surface area contributed by atoms with Crippen LogP contribution in [0.3, 0.4) is 0 Å². The molecule has 1 heterocycles. The second-order valence-electron chi connectivity index (χ2n) is 5.37. The monoisotopic (exact) mass is 364 g/mol. The normalized spacial score (nSPS) is 11.5. The third kappa shape index (κ3) is 5.61. The minimum atomic E-state index is -1.03. The highest BCUT2D eigenvalue weighted by atomic mass is 35.5. The maximum absolute atomic E-state index is 11.5. The summed E-state index contributed by atoms with van der Waals surface area (Å²) in [5.74, 6) is -0.327. The van der Waals surface area contributed by atoms with Gasteiger partial charge in [0.2, 0.25) is 0 Å². The number of halogens is 1. The van der Waals surface area contributed by atoms with E-state index < -0.39 is 18.1 Å². The molecule has 0 aliphatic rings. The number of carboxylic acids is 1.